The second-order valence-corrected chi connectivity index (χ2v) is 4.46. The number of aryl methyl sites for hydroxylation is 2. The van der Waals surface area contributed by atoms with Gasteiger partial charge in [0.15, 0.2) is 0 Å². The van der Waals surface area contributed by atoms with Crippen LogP contribution in [0, 0.1) is 13.8 Å². The molecule has 1 heteroatoms. The van der Waals surface area contributed by atoms with Crippen LogP contribution in [0.4, 0.5) is 0 Å². The molecule has 0 aliphatic heterocycles. The fourth-order valence-electron chi connectivity index (χ4n) is 1.88. The summed E-state index contributed by atoms with van der Waals surface area (Å²) in [6, 6.07) is 8.71. The molecule has 0 unspecified atom stereocenters. The van der Waals surface area contributed by atoms with Crippen molar-refractivity contribution in [3.05, 3.63) is 53.2 Å². The second-order valence-electron chi connectivity index (χ2n) is 4.46. The Kier molecular flexibility index (Phi) is 2.12. The molecule has 0 aliphatic carbocycles. The number of aromatic nitrogens is 1. The van der Waals surface area contributed by atoms with Gasteiger partial charge in [0.1, 0.15) is 0 Å². The molecule has 0 spiro atoms. The molecule has 0 saturated carbocycles. The van der Waals surface area contributed by atoms with E-state index in [9.17, 15) is 0 Å². The van der Waals surface area contributed by atoms with Gasteiger partial charge in [0.25, 0.3) is 0 Å². The van der Waals surface area contributed by atoms with E-state index in [1.54, 1.807) is 30.5 Å². The minimum atomic E-state index is -2.08. The molecule has 0 amide bonds. The second kappa shape index (κ2) is 4.70. The van der Waals surface area contributed by atoms with Crippen LogP contribution in [0.1, 0.15) is 41.9 Å². The Balaban J connectivity index is 2.37. The average Bonchev–Trinajstić information content (AvgIpc) is 2.36. The Hall–Kier alpha value is -1.63. The maximum Gasteiger partial charge on any atom is 0.0704 e. The van der Waals surface area contributed by atoms with Crippen LogP contribution in [0.3, 0.4) is 0 Å². The predicted octanol–water partition coefficient (Wildman–Crippen LogP) is 4.49. The summed E-state index contributed by atoms with van der Waals surface area (Å²) in [6.45, 7) is 3.55. The van der Waals surface area contributed by atoms with Gasteiger partial charge in [-0.1, -0.05) is 43.7 Å². The Morgan fingerprint density at radius 2 is 1.94 bits per heavy atom. The van der Waals surface area contributed by atoms with Crippen LogP contribution in [0.25, 0.3) is 11.3 Å². The summed E-state index contributed by atoms with van der Waals surface area (Å²) in [6.07, 6.45) is 1.73. The molecule has 88 valence electrons. The lowest BCUT2D eigenvalue weighted by molar-refractivity contribution is 0.848. The Bertz CT molecular complexity index is 637. The van der Waals surface area contributed by atoms with Crippen molar-refractivity contribution >= 4 is 0 Å². The third kappa shape index (κ3) is 2.55. The van der Waals surface area contributed by atoms with Crippen LogP contribution in [0.15, 0.2) is 36.5 Å². The van der Waals surface area contributed by atoms with Crippen molar-refractivity contribution in [2.45, 2.75) is 33.5 Å². The number of pyridine rings is 1. The van der Waals surface area contributed by atoms with Gasteiger partial charge in [0.2, 0.25) is 0 Å². The SMILES string of the molecule is [2H]C([2H])([2H])c1ccc(-c2cc(C)c(C([2H])(C)C)cn2)cc1. The summed E-state index contributed by atoms with van der Waals surface area (Å²) in [5, 5.41) is 0. The molecule has 0 saturated heterocycles. The van der Waals surface area contributed by atoms with E-state index in [0.29, 0.717) is 5.56 Å². The number of hydrogen-bond donors (Lipinski definition) is 0. The maximum atomic E-state index is 8.08. The largest absolute Gasteiger partial charge is 0.256 e. The zero-order chi connectivity index (χ0) is 15.8. The van der Waals surface area contributed by atoms with Crippen molar-refractivity contribution in [1.29, 1.82) is 0 Å². The normalized spacial score (nSPS) is 15.7. The topological polar surface area (TPSA) is 12.9 Å². The molecule has 0 fully saturated rings. The molecule has 2 aromatic rings. The zero-order valence-corrected chi connectivity index (χ0v) is 10.4. The molecule has 1 heterocycles. The van der Waals surface area contributed by atoms with Gasteiger partial charge in [-0.2, -0.15) is 0 Å². The van der Waals surface area contributed by atoms with Gasteiger partial charge >= 0.3 is 0 Å². The fourth-order valence-corrected chi connectivity index (χ4v) is 1.88. The molecule has 0 atom stereocenters. The maximum absolute atomic E-state index is 8.08. The van der Waals surface area contributed by atoms with Crippen molar-refractivity contribution in [2.75, 3.05) is 0 Å². The monoisotopic (exact) mass is 229 g/mol. The first-order valence-corrected chi connectivity index (χ1v) is 5.67. The number of benzene rings is 1. The highest BCUT2D eigenvalue weighted by Crippen LogP contribution is 2.23. The molecule has 2 rings (SSSR count). The first kappa shape index (κ1) is 7.65. The van der Waals surface area contributed by atoms with Crippen LogP contribution in [-0.4, -0.2) is 4.98 Å². The Labute approximate surface area is 109 Å². The number of hydrogen-bond acceptors (Lipinski definition) is 1. The molecule has 1 aromatic carbocycles. The lowest BCUT2D eigenvalue weighted by Gasteiger charge is -2.10. The third-order valence-corrected chi connectivity index (χ3v) is 2.83. The van der Waals surface area contributed by atoms with Crippen molar-refractivity contribution in [1.82, 2.24) is 4.98 Å². The van der Waals surface area contributed by atoms with Crippen molar-refractivity contribution < 1.29 is 5.48 Å². The van der Waals surface area contributed by atoms with Crippen LogP contribution < -0.4 is 0 Å². The van der Waals surface area contributed by atoms with E-state index < -0.39 is 12.7 Å². The smallest absolute Gasteiger partial charge is 0.0704 e. The summed E-state index contributed by atoms with van der Waals surface area (Å²) in [5.74, 6) is -0.680. The van der Waals surface area contributed by atoms with Gasteiger partial charge in [-0.3, -0.25) is 4.98 Å². The molecule has 1 nitrogen and oxygen atoms in total. The predicted molar refractivity (Wildman–Crippen MR) is 73.2 cm³/mol. The van der Waals surface area contributed by atoms with Gasteiger partial charge in [-0.25, -0.2) is 0 Å². The number of nitrogens with zero attached hydrogens (tertiary/aromatic N) is 1. The van der Waals surface area contributed by atoms with E-state index >= 15 is 0 Å². The summed E-state index contributed by atoms with van der Waals surface area (Å²) in [7, 11) is 0. The van der Waals surface area contributed by atoms with Crippen LogP contribution >= 0.6 is 0 Å². The molecule has 0 aliphatic rings. The highest BCUT2D eigenvalue weighted by molar-refractivity contribution is 5.60. The van der Waals surface area contributed by atoms with E-state index in [0.717, 1.165) is 22.4 Å². The average molecular weight is 229 g/mol. The van der Waals surface area contributed by atoms with Crippen LogP contribution in [0.5, 0.6) is 0 Å². The minimum absolute atomic E-state index is 0.326. The molecule has 1 aromatic heterocycles. The molecular weight excluding hydrogens is 206 g/mol. The summed E-state index contributed by atoms with van der Waals surface area (Å²) < 4.78 is 30.2. The zero-order valence-electron chi connectivity index (χ0n) is 14.4. The lowest BCUT2D eigenvalue weighted by Crippen LogP contribution is -1.95. The van der Waals surface area contributed by atoms with Crippen molar-refractivity contribution in [3.63, 3.8) is 0 Å². The lowest BCUT2D eigenvalue weighted by atomic mass is 9.98. The Morgan fingerprint density at radius 3 is 2.47 bits per heavy atom. The molecule has 17 heavy (non-hydrogen) atoms. The van der Waals surface area contributed by atoms with Crippen molar-refractivity contribution in [3.8, 4) is 11.3 Å². The minimum Gasteiger partial charge on any atom is -0.256 e. The molecule has 0 bridgehead atoms. The third-order valence-electron chi connectivity index (χ3n) is 2.83. The van der Waals surface area contributed by atoms with Crippen molar-refractivity contribution in [2.24, 2.45) is 0 Å². The van der Waals surface area contributed by atoms with E-state index in [1.807, 2.05) is 26.8 Å². The van der Waals surface area contributed by atoms with Gasteiger partial charge in [-0.05, 0) is 36.9 Å². The summed E-state index contributed by atoms with van der Waals surface area (Å²) in [5.41, 5.74) is 3.90. The van der Waals surface area contributed by atoms with E-state index in [-0.39, 0.29) is 0 Å². The van der Waals surface area contributed by atoms with Crippen LogP contribution in [0.2, 0.25) is 0 Å². The summed E-state index contributed by atoms with van der Waals surface area (Å²) >= 11 is 0. The van der Waals surface area contributed by atoms with E-state index in [2.05, 4.69) is 4.98 Å². The van der Waals surface area contributed by atoms with Gasteiger partial charge < -0.3 is 0 Å². The van der Waals surface area contributed by atoms with Crippen LogP contribution in [-0.2, 0) is 0 Å². The highest BCUT2D eigenvalue weighted by Gasteiger charge is 2.06. The molecule has 0 radical (unpaired) electrons. The highest BCUT2D eigenvalue weighted by atomic mass is 14.7. The molecule has 0 N–H and O–H groups in total. The standard InChI is InChI=1S/C16H19N/c1-11(2)15-10-17-16(9-13(15)4)14-7-5-12(3)6-8-14/h5-11H,1-4H3/i3D3,11D. The fraction of sp³-hybridized carbons (Fsp3) is 0.312. The van der Waals surface area contributed by atoms with E-state index in [1.165, 1.54) is 0 Å². The van der Waals surface area contributed by atoms with E-state index in [4.69, 9.17) is 5.48 Å². The quantitative estimate of drug-likeness (QED) is 0.739. The summed E-state index contributed by atoms with van der Waals surface area (Å²) in [4.78, 5) is 4.41. The Morgan fingerprint density at radius 1 is 1.24 bits per heavy atom. The number of rotatable bonds is 2. The molecular formula is C16H19N. The first-order valence-electron chi connectivity index (χ1n) is 7.67. The van der Waals surface area contributed by atoms with Gasteiger partial charge in [0, 0.05) is 17.2 Å². The first-order chi connectivity index (χ1) is 9.59. The van der Waals surface area contributed by atoms with Gasteiger partial charge in [-0.15, -0.1) is 0 Å². The van der Waals surface area contributed by atoms with Gasteiger partial charge in [0.05, 0.1) is 5.69 Å².